The highest BCUT2D eigenvalue weighted by Gasteiger charge is 2.30. The van der Waals surface area contributed by atoms with Crippen LogP contribution in [0.1, 0.15) is 25.3 Å². The van der Waals surface area contributed by atoms with Crippen molar-refractivity contribution in [3.05, 3.63) is 60.2 Å². The monoisotopic (exact) mass is 280 g/mol. The molecule has 106 valence electrons. The van der Waals surface area contributed by atoms with Gasteiger partial charge in [-0.05, 0) is 43.7 Å². The molecular weight excluding hydrogens is 264 g/mol. The van der Waals surface area contributed by atoms with E-state index in [1.807, 2.05) is 50.2 Å². The lowest BCUT2D eigenvalue weighted by Gasteiger charge is -2.20. The molecule has 5 heteroatoms. The van der Waals surface area contributed by atoms with E-state index >= 15 is 0 Å². The Morgan fingerprint density at radius 1 is 1.10 bits per heavy atom. The zero-order valence-corrected chi connectivity index (χ0v) is 11.9. The van der Waals surface area contributed by atoms with Gasteiger partial charge in [-0.25, -0.2) is 0 Å². The van der Waals surface area contributed by atoms with Crippen molar-refractivity contribution in [1.29, 1.82) is 0 Å². The first-order chi connectivity index (χ1) is 10.1. The van der Waals surface area contributed by atoms with E-state index in [1.165, 1.54) is 0 Å². The molecule has 0 amide bonds. The fourth-order valence-corrected chi connectivity index (χ4v) is 2.11. The topological polar surface area (TPSA) is 77.8 Å². The summed E-state index contributed by atoms with van der Waals surface area (Å²) in [5.74, 6) is 1.10. The van der Waals surface area contributed by atoms with Gasteiger partial charge >= 0.3 is 0 Å². The molecule has 0 radical (unpaired) electrons. The molecule has 0 fully saturated rings. The molecule has 0 aliphatic heterocycles. The highest BCUT2D eigenvalue weighted by atomic mass is 16.5. The second-order valence-corrected chi connectivity index (χ2v) is 5.41. The van der Waals surface area contributed by atoms with Crippen LogP contribution in [0, 0.1) is 0 Å². The Hall–Kier alpha value is -2.69. The average molecular weight is 280 g/mol. The SMILES string of the molecule is CC(C)(c1ccc(N)cc1)c1nc(-c2cccnc2)no1. The summed E-state index contributed by atoms with van der Waals surface area (Å²) in [5, 5.41) is 4.04. The summed E-state index contributed by atoms with van der Waals surface area (Å²) in [4.78, 5) is 8.57. The first kappa shape index (κ1) is 13.3. The van der Waals surface area contributed by atoms with E-state index in [-0.39, 0.29) is 5.41 Å². The maximum absolute atomic E-state index is 5.73. The number of hydrogen-bond donors (Lipinski definition) is 1. The largest absolute Gasteiger partial charge is 0.399 e. The predicted molar refractivity (Wildman–Crippen MR) is 80.5 cm³/mol. The van der Waals surface area contributed by atoms with Gasteiger partial charge in [0.2, 0.25) is 11.7 Å². The third-order valence-electron chi connectivity index (χ3n) is 3.51. The number of pyridine rings is 1. The van der Waals surface area contributed by atoms with Crippen LogP contribution < -0.4 is 5.73 Å². The summed E-state index contributed by atoms with van der Waals surface area (Å²) in [6.07, 6.45) is 3.42. The van der Waals surface area contributed by atoms with E-state index in [4.69, 9.17) is 10.3 Å². The number of nitrogen functional groups attached to an aromatic ring is 1. The Balaban J connectivity index is 1.97. The second-order valence-electron chi connectivity index (χ2n) is 5.41. The molecule has 0 aliphatic rings. The third kappa shape index (κ3) is 2.50. The van der Waals surface area contributed by atoms with Crippen LogP contribution in [-0.4, -0.2) is 15.1 Å². The molecule has 0 saturated carbocycles. The van der Waals surface area contributed by atoms with Crippen LogP contribution in [-0.2, 0) is 5.41 Å². The maximum Gasteiger partial charge on any atom is 0.237 e. The highest BCUT2D eigenvalue weighted by molar-refractivity contribution is 5.52. The fourth-order valence-electron chi connectivity index (χ4n) is 2.11. The van der Waals surface area contributed by atoms with E-state index in [2.05, 4.69) is 15.1 Å². The quantitative estimate of drug-likeness (QED) is 0.746. The Bertz CT molecular complexity index is 732. The maximum atomic E-state index is 5.73. The van der Waals surface area contributed by atoms with Crippen molar-refractivity contribution in [3.63, 3.8) is 0 Å². The van der Waals surface area contributed by atoms with Gasteiger partial charge in [-0.15, -0.1) is 0 Å². The number of aromatic nitrogens is 3. The van der Waals surface area contributed by atoms with Crippen LogP contribution in [0.4, 0.5) is 5.69 Å². The van der Waals surface area contributed by atoms with Crippen LogP contribution in [0.3, 0.4) is 0 Å². The van der Waals surface area contributed by atoms with Gasteiger partial charge in [-0.2, -0.15) is 4.98 Å². The molecule has 3 rings (SSSR count). The summed E-state index contributed by atoms with van der Waals surface area (Å²) < 4.78 is 5.45. The normalized spacial score (nSPS) is 11.5. The zero-order valence-electron chi connectivity index (χ0n) is 11.9. The molecule has 2 heterocycles. The van der Waals surface area contributed by atoms with Gasteiger partial charge in [0.05, 0.1) is 5.41 Å². The van der Waals surface area contributed by atoms with E-state index in [0.29, 0.717) is 11.7 Å². The summed E-state index contributed by atoms with van der Waals surface area (Å²) in [6.45, 7) is 4.08. The van der Waals surface area contributed by atoms with E-state index in [0.717, 1.165) is 16.8 Å². The van der Waals surface area contributed by atoms with Crippen molar-refractivity contribution in [1.82, 2.24) is 15.1 Å². The number of nitrogens with zero attached hydrogens (tertiary/aromatic N) is 3. The van der Waals surface area contributed by atoms with Crippen LogP contribution in [0.2, 0.25) is 0 Å². The lowest BCUT2D eigenvalue weighted by atomic mass is 9.84. The first-order valence-electron chi connectivity index (χ1n) is 6.68. The second kappa shape index (κ2) is 5.01. The van der Waals surface area contributed by atoms with E-state index < -0.39 is 0 Å². The average Bonchev–Trinajstić information content (AvgIpc) is 2.99. The summed E-state index contributed by atoms with van der Waals surface area (Å²) in [5.41, 5.74) is 7.98. The van der Waals surface area contributed by atoms with Crippen molar-refractivity contribution in [2.75, 3.05) is 5.73 Å². The molecule has 1 aromatic carbocycles. The van der Waals surface area contributed by atoms with Crippen molar-refractivity contribution >= 4 is 5.69 Å². The standard InChI is InChI=1S/C16H16N4O/c1-16(2,12-5-7-13(17)8-6-12)15-19-14(20-21-15)11-4-3-9-18-10-11/h3-10H,17H2,1-2H3. The molecule has 0 aliphatic carbocycles. The Morgan fingerprint density at radius 3 is 2.52 bits per heavy atom. The number of anilines is 1. The minimum absolute atomic E-state index is 0.388. The van der Waals surface area contributed by atoms with Crippen molar-refractivity contribution in [2.45, 2.75) is 19.3 Å². The van der Waals surface area contributed by atoms with Gasteiger partial charge in [0, 0.05) is 23.6 Å². The molecule has 3 aromatic rings. The molecule has 0 unspecified atom stereocenters. The summed E-state index contributed by atoms with van der Waals surface area (Å²) in [7, 11) is 0. The molecule has 2 aromatic heterocycles. The number of rotatable bonds is 3. The highest BCUT2D eigenvalue weighted by Crippen LogP contribution is 2.31. The fraction of sp³-hybridized carbons (Fsp3) is 0.188. The molecule has 5 nitrogen and oxygen atoms in total. The zero-order chi connectivity index (χ0) is 14.9. The van der Waals surface area contributed by atoms with Crippen LogP contribution >= 0.6 is 0 Å². The minimum Gasteiger partial charge on any atom is -0.399 e. The molecule has 0 bridgehead atoms. The number of hydrogen-bond acceptors (Lipinski definition) is 5. The van der Waals surface area contributed by atoms with E-state index in [9.17, 15) is 0 Å². The molecule has 0 spiro atoms. The van der Waals surface area contributed by atoms with E-state index in [1.54, 1.807) is 12.4 Å². The van der Waals surface area contributed by atoms with Gasteiger partial charge in [0.15, 0.2) is 0 Å². The molecule has 0 atom stereocenters. The molecule has 21 heavy (non-hydrogen) atoms. The van der Waals surface area contributed by atoms with Crippen LogP contribution in [0.25, 0.3) is 11.4 Å². The Morgan fingerprint density at radius 2 is 1.86 bits per heavy atom. The lowest BCUT2D eigenvalue weighted by molar-refractivity contribution is 0.333. The van der Waals surface area contributed by atoms with Gasteiger partial charge < -0.3 is 10.3 Å². The lowest BCUT2D eigenvalue weighted by Crippen LogP contribution is -2.19. The summed E-state index contributed by atoms with van der Waals surface area (Å²) in [6, 6.07) is 11.4. The molecule has 2 N–H and O–H groups in total. The minimum atomic E-state index is -0.388. The Labute approximate surface area is 122 Å². The van der Waals surface area contributed by atoms with Gasteiger partial charge in [-0.3, -0.25) is 4.98 Å². The summed E-state index contributed by atoms with van der Waals surface area (Å²) >= 11 is 0. The van der Waals surface area contributed by atoms with Crippen LogP contribution in [0.15, 0.2) is 53.3 Å². The van der Waals surface area contributed by atoms with Crippen molar-refractivity contribution < 1.29 is 4.52 Å². The predicted octanol–water partition coefficient (Wildman–Crippen LogP) is 3.04. The molecular formula is C16H16N4O. The third-order valence-corrected chi connectivity index (χ3v) is 3.51. The molecule has 0 saturated heterocycles. The van der Waals surface area contributed by atoms with Gasteiger partial charge in [0.1, 0.15) is 0 Å². The van der Waals surface area contributed by atoms with Gasteiger partial charge in [-0.1, -0.05) is 17.3 Å². The smallest absolute Gasteiger partial charge is 0.237 e. The number of benzene rings is 1. The number of nitrogens with two attached hydrogens (primary N) is 1. The first-order valence-corrected chi connectivity index (χ1v) is 6.68. The van der Waals surface area contributed by atoms with Crippen molar-refractivity contribution in [2.24, 2.45) is 0 Å². The van der Waals surface area contributed by atoms with Crippen molar-refractivity contribution in [3.8, 4) is 11.4 Å². The van der Waals surface area contributed by atoms with Gasteiger partial charge in [0.25, 0.3) is 0 Å². The van der Waals surface area contributed by atoms with Crippen LogP contribution in [0.5, 0.6) is 0 Å². The Kier molecular flexibility index (Phi) is 3.17.